The van der Waals surface area contributed by atoms with Crippen LogP contribution in [0.25, 0.3) is 0 Å². The van der Waals surface area contributed by atoms with Gasteiger partial charge in [-0.15, -0.1) is 0 Å². The summed E-state index contributed by atoms with van der Waals surface area (Å²) in [5, 5.41) is 5.97. The predicted molar refractivity (Wildman–Crippen MR) is 109 cm³/mol. The maximum absolute atomic E-state index is 13.0. The Morgan fingerprint density at radius 3 is 2.63 bits per heavy atom. The van der Waals surface area contributed by atoms with E-state index in [2.05, 4.69) is 20.6 Å². The number of hydrogen-bond donors (Lipinski definition) is 3. The van der Waals surface area contributed by atoms with E-state index in [1.807, 2.05) is 13.0 Å². The molecular weight excluding hydrogens is 419 g/mol. The third-order valence-electron chi connectivity index (χ3n) is 4.16. The van der Waals surface area contributed by atoms with Gasteiger partial charge in [-0.2, -0.15) is 13.2 Å². The maximum atomic E-state index is 13.0. The number of alkyl halides is 3. The average Bonchev–Trinajstić information content (AvgIpc) is 2.67. The fourth-order valence-corrected chi connectivity index (χ4v) is 2.90. The van der Waals surface area contributed by atoms with E-state index >= 15 is 0 Å². The van der Waals surface area contributed by atoms with Crippen LogP contribution in [-0.2, 0) is 6.18 Å². The molecule has 1 amide bonds. The van der Waals surface area contributed by atoms with E-state index < -0.39 is 17.6 Å². The van der Waals surface area contributed by atoms with Crippen molar-refractivity contribution >= 4 is 34.7 Å². The minimum Gasteiger partial charge on any atom is -0.399 e. The van der Waals surface area contributed by atoms with E-state index in [1.165, 1.54) is 18.5 Å². The maximum Gasteiger partial charge on any atom is 0.416 e. The van der Waals surface area contributed by atoms with Crippen molar-refractivity contribution in [1.82, 2.24) is 9.97 Å². The van der Waals surface area contributed by atoms with Crippen LogP contribution in [0.15, 0.2) is 54.9 Å². The first-order valence-electron chi connectivity index (χ1n) is 8.75. The van der Waals surface area contributed by atoms with E-state index in [0.29, 0.717) is 11.5 Å². The van der Waals surface area contributed by atoms with Crippen LogP contribution in [0.4, 0.5) is 30.4 Å². The molecule has 0 aliphatic carbocycles. The molecule has 0 saturated heterocycles. The molecule has 6 nitrogen and oxygen atoms in total. The Morgan fingerprint density at radius 2 is 1.93 bits per heavy atom. The first kappa shape index (κ1) is 21.4. The van der Waals surface area contributed by atoms with E-state index in [1.54, 1.807) is 18.2 Å². The second-order valence-corrected chi connectivity index (χ2v) is 6.90. The Morgan fingerprint density at radius 1 is 1.17 bits per heavy atom. The molecule has 3 aromatic rings. The lowest BCUT2D eigenvalue weighted by Crippen LogP contribution is -2.15. The van der Waals surface area contributed by atoms with E-state index in [4.69, 9.17) is 17.3 Å². The van der Waals surface area contributed by atoms with Gasteiger partial charge in [0.2, 0.25) is 0 Å². The molecule has 2 aromatic carbocycles. The largest absolute Gasteiger partial charge is 0.416 e. The summed E-state index contributed by atoms with van der Waals surface area (Å²) in [6.07, 6.45) is -1.67. The van der Waals surface area contributed by atoms with Gasteiger partial charge in [-0.25, -0.2) is 4.98 Å². The summed E-state index contributed by atoms with van der Waals surface area (Å²) in [5.41, 5.74) is 5.43. The predicted octanol–water partition coefficient (Wildman–Crippen LogP) is 5.16. The number of nitrogens with zero attached hydrogens (tertiary/aromatic N) is 2. The molecule has 1 heterocycles. The number of hydrogen-bond acceptors (Lipinski definition) is 5. The number of halogens is 4. The number of nitrogens with one attached hydrogen (secondary N) is 2. The number of aromatic nitrogens is 2. The smallest absolute Gasteiger partial charge is 0.399 e. The number of nitrogen functional groups attached to an aromatic ring is 1. The second kappa shape index (κ2) is 8.58. The van der Waals surface area contributed by atoms with Crippen LogP contribution in [0.1, 0.15) is 34.5 Å². The number of benzene rings is 2. The second-order valence-electron chi connectivity index (χ2n) is 6.51. The summed E-state index contributed by atoms with van der Waals surface area (Å²) in [5.74, 6) is -0.227. The topological polar surface area (TPSA) is 92.9 Å². The zero-order valence-electron chi connectivity index (χ0n) is 15.7. The van der Waals surface area contributed by atoms with Gasteiger partial charge in [0.25, 0.3) is 5.91 Å². The van der Waals surface area contributed by atoms with Crippen LogP contribution in [0, 0.1) is 0 Å². The van der Waals surface area contributed by atoms with Crippen LogP contribution < -0.4 is 16.4 Å². The molecule has 3 rings (SSSR count). The highest BCUT2D eigenvalue weighted by molar-refractivity contribution is 6.29. The van der Waals surface area contributed by atoms with Crippen molar-refractivity contribution in [2.45, 2.75) is 19.1 Å². The zero-order chi connectivity index (χ0) is 21.9. The lowest BCUT2D eigenvalue weighted by atomic mass is 10.1. The minimum absolute atomic E-state index is 0.149. The summed E-state index contributed by atoms with van der Waals surface area (Å²) >= 11 is 5.82. The number of amides is 1. The van der Waals surface area contributed by atoms with Crippen LogP contribution in [0.2, 0.25) is 5.15 Å². The lowest BCUT2D eigenvalue weighted by Gasteiger charge is -2.16. The molecule has 1 atom stereocenters. The SMILES string of the molecule is C[C@H](Nc1cncc(Cl)n1)c1cccc(NC(=O)c2cc(N)cc(C(F)(F)F)c2)c1. The highest BCUT2D eigenvalue weighted by atomic mass is 35.5. The zero-order valence-corrected chi connectivity index (χ0v) is 16.4. The monoisotopic (exact) mass is 435 g/mol. The van der Waals surface area contributed by atoms with Crippen molar-refractivity contribution in [3.8, 4) is 0 Å². The molecule has 30 heavy (non-hydrogen) atoms. The minimum atomic E-state index is -4.60. The summed E-state index contributed by atoms with van der Waals surface area (Å²) in [4.78, 5) is 20.5. The Kier molecular flexibility index (Phi) is 6.12. The van der Waals surface area contributed by atoms with Crippen LogP contribution in [-0.4, -0.2) is 15.9 Å². The number of rotatable bonds is 5. The molecule has 0 spiro atoms. The molecular formula is C20H17ClF3N5O. The average molecular weight is 436 g/mol. The van der Waals surface area contributed by atoms with Crippen LogP contribution >= 0.6 is 11.6 Å². The molecule has 1 aromatic heterocycles. The third kappa shape index (κ3) is 5.38. The Bertz CT molecular complexity index is 1070. The van der Waals surface area contributed by atoms with Gasteiger partial charge in [-0.1, -0.05) is 23.7 Å². The highest BCUT2D eigenvalue weighted by Gasteiger charge is 2.31. The summed E-state index contributed by atoms with van der Waals surface area (Å²) < 4.78 is 38.9. The van der Waals surface area contributed by atoms with Gasteiger partial charge in [0.1, 0.15) is 11.0 Å². The van der Waals surface area contributed by atoms with Gasteiger partial charge in [0.05, 0.1) is 24.0 Å². The molecule has 0 bridgehead atoms. The molecule has 0 aliphatic heterocycles. The molecule has 0 saturated carbocycles. The van der Waals surface area contributed by atoms with Crippen molar-refractivity contribution in [2.24, 2.45) is 0 Å². The molecule has 0 aliphatic rings. The molecule has 0 fully saturated rings. The highest BCUT2D eigenvalue weighted by Crippen LogP contribution is 2.31. The summed E-state index contributed by atoms with van der Waals surface area (Å²) in [6, 6.07) is 9.39. The van der Waals surface area contributed by atoms with E-state index in [0.717, 1.165) is 17.7 Å². The number of nitrogens with two attached hydrogens (primary N) is 1. The van der Waals surface area contributed by atoms with Crippen LogP contribution in [0.5, 0.6) is 0 Å². The Balaban J connectivity index is 1.76. The lowest BCUT2D eigenvalue weighted by molar-refractivity contribution is -0.137. The van der Waals surface area contributed by atoms with Crippen molar-refractivity contribution < 1.29 is 18.0 Å². The first-order chi connectivity index (χ1) is 14.1. The van der Waals surface area contributed by atoms with Crippen molar-refractivity contribution in [3.63, 3.8) is 0 Å². The standard InChI is InChI=1S/C20H17ClF3N5O/c1-11(27-18-10-26-9-17(21)29-18)12-3-2-4-16(7-12)28-19(30)13-5-14(20(22,23)24)8-15(25)6-13/h2-11H,25H2,1H3,(H,27,29)(H,28,30)/t11-/m0/s1. The molecule has 0 unspecified atom stereocenters. The van der Waals surface area contributed by atoms with Crippen molar-refractivity contribution in [1.29, 1.82) is 0 Å². The number of anilines is 3. The molecule has 4 N–H and O–H groups in total. The van der Waals surface area contributed by atoms with Crippen molar-refractivity contribution in [2.75, 3.05) is 16.4 Å². The van der Waals surface area contributed by atoms with Gasteiger partial charge >= 0.3 is 6.18 Å². The number of carbonyl (C=O) groups excluding carboxylic acids is 1. The first-order valence-corrected chi connectivity index (χ1v) is 9.13. The normalized spacial score (nSPS) is 12.3. The van der Waals surface area contributed by atoms with Gasteiger partial charge in [-0.3, -0.25) is 9.78 Å². The fourth-order valence-electron chi connectivity index (χ4n) is 2.75. The molecule has 10 heteroatoms. The molecule has 156 valence electrons. The molecule has 0 radical (unpaired) electrons. The third-order valence-corrected chi connectivity index (χ3v) is 4.34. The van der Waals surface area contributed by atoms with Crippen LogP contribution in [0.3, 0.4) is 0 Å². The quantitative estimate of drug-likeness (QED) is 0.481. The van der Waals surface area contributed by atoms with Crippen molar-refractivity contribution in [3.05, 3.63) is 76.7 Å². The summed E-state index contributed by atoms with van der Waals surface area (Å²) in [7, 11) is 0. The van der Waals surface area contributed by atoms with Gasteiger partial charge in [-0.05, 0) is 42.8 Å². The van der Waals surface area contributed by atoms with Gasteiger partial charge in [0.15, 0.2) is 0 Å². The Labute approximate surface area is 175 Å². The van der Waals surface area contributed by atoms with Gasteiger partial charge < -0.3 is 16.4 Å². The van der Waals surface area contributed by atoms with Gasteiger partial charge in [0, 0.05) is 16.9 Å². The van der Waals surface area contributed by atoms with E-state index in [-0.39, 0.29) is 22.4 Å². The Hall–Kier alpha value is -3.33. The van der Waals surface area contributed by atoms with E-state index in [9.17, 15) is 18.0 Å². The fraction of sp³-hybridized carbons (Fsp3) is 0.150. The number of carbonyl (C=O) groups is 1. The summed E-state index contributed by atoms with van der Waals surface area (Å²) in [6.45, 7) is 1.87.